The number of para-hydroxylation sites is 1. The van der Waals surface area contributed by atoms with E-state index in [4.69, 9.17) is 4.74 Å². The smallest absolute Gasteiger partial charge is 0.265 e. The van der Waals surface area contributed by atoms with Crippen molar-refractivity contribution in [2.45, 2.75) is 25.9 Å². The van der Waals surface area contributed by atoms with Crippen LogP contribution < -0.4 is 10.6 Å². The fourth-order valence-electron chi connectivity index (χ4n) is 2.73. The first kappa shape index (κ1) is 18.3. The van der Waals surface area contributed by atoms with Gasteiger partial charge >= 0.3 is 0 Å². The van der Waals surface area contributed by atoms with Gasteiger partial charge in [-0.15, -0.1) is 11.3 Å². The van der Waals surface area contributed by atoms with Gasteiger partial charge in [-0.3, -0.25) is 14.4 Å². The van der Waals surface area contributed by atoms with Crippen molar-refractivity contribution in [1.82, 2.24) is 5.32 Å². The van der Waals surface area contributed by atoms with Gasteiger partial charge in [0.25, 0.3) is 11.8 Å². The number of amides is 2. The molecular weight excluding hydrogens is 352 g/mol. The minimum Gasteiger partial charge on any atom is -0.376 e. The van der Waals surface area contributed by atoms with Gasteiger partial charge in [0.15, 0.2) is 5.78 Å². The van der Waals surface area contributed by atoms with Crippen LogP contribution in [-0.4, -0.2) is 36.9 Å². The van der Waals surface area contributed by atoms with Gasteiger partial charge in [-0.1, -0.05) is 12.1 Å². The van der Waals surface area contributed by atoms with Gasteiger partial charge in [-0.2, -0.15) is 0 Å². The lowest BCUT2D eigenvalue weighted by atomic mass is 10.1. The van der Waals surface area contributed by atoms with E-state index in [1.54, 1.807) is 36.4 Å². The maximum absolute atomic E-state index is 12.5. The van der Waals surface area contributed by atoms with Crippen LogP contribution in [0.15, 0.2) is 36.4 Å². The molecule has 0 bridgehead atoms. The minimum atomic E-state index is -0.345. The molecule has 2 amide bonds. The Morgan fingerprint density at radius 3 is 2.58 bits per heavy atom. The summed E-state index contributed by atoms with van der Waals surface area (Å²) in [6.45, 7) is 2.64. The van der Waals surface area contributed by atoms with Gasteiger partial charge < -0.3 is 15.4 Å². The third-order valence-electron chi connectivity index (χ3n) is 4.11. The van der Waals surface area contributed by atoms with E-state index >= 15 is 0 Å². The standard InChI is InChI=1S/C19H20N2O4S/c1-12(22)16-8-9-17(26-16)19(24)21-15-7-3-2-6-14(15)18(23)20-11-13-5-4-10-25-13/h2-3,6-9,13H,4-5,10-11H2,1H3,(H,20,23)(H,21,24). The number of ketones is 1. The molecule has 3 rings (SSSR count). The molecule has 1 atom stereocenters. The van der Waals surface area contributed by atoms with Crippen molar-refractivity contribution >= 4 is 34.6 Å². The molecule has 1 aromatic carbocycles. The highest BCUT2D eigenvalue weighted by Gasteiger charge is 2.19. The lowest BCUT2D eigenvalue weighted by Crippen LogP contribution is -2.32. The normalized spacial score (nSPS) is 16.3. The second-order valence-electron chi connectivity index (χ2n) is 6.06. The molecule has 1 fully saturated rings. The Morgan fingerprint density at radius 2 is 1.88 bits per heavy atom. The van der Waals surface area contributed by atoms with E-state index in [2.05, 4.69) is 10.6 Å². The minimum absolute atomic E-state index is 0.0526. The molecule has 0 spiro atoms. The predicted molar refractivity (Wildman–Crippen MR) is 100 cm³/mol. The van der Waals surface area contributed by atoms with Crippen LogP contribution in [0.2, 0.25) is 0 Å². The van der Waals surface area contributed by atoms with Crippen molar-refractivity contribution in [3.05, 3.63) is 51.7 Å². The summed E-state index contributed by atoms with van der Waals surface area (Å²) in [7, 11) is 0. The number of hydrogen-bond donors (Lipinski definition) is 2. The van der Waals surface area contributed by atoms with E-state index in [0.717, 1.165) is 30.8 Å². The average molecular weight is 372 g/mol. The van der Waals surface area contributed by atoms with Crippen LogP contribution >= 0.6 is 11.3 Å². The molecule has 2 aromatic rings. The summed E-state index contributed by atoms with van der Waals surface area (Å²) < 4.78 is 5.50. The van der Waals surface area contributed by atoms with Crippen molar-refractivity contribution in [3.63, 3.8) is 0 Å². The molecule has 6 nitrogen and oxygen atoms in total. The predicted octanol–water partition coefficient (Wildman–Crippen LogP) is 3.11. The SMILES string of the molecule is CC(=O)c1ccc(C(=O)Nc2ccccc2C(=O)NCC2CCCO2)s1. The Morgan fingerprint density at radius 1 is 1.12 bits per heavy atom. The number of ether oxygens (including phenoxy) is 1. The maximum Gasteiger partial charge on any atom is 0.265 e. The maximum atomic E-state index is 12.5. The second kappa shape index (κ2) is 8.25. The largest absolute Gasteiger partial charge is 0.376 e. The highest BCUT2D eigenvalue weighted by molar-refractivity contribution is 7.16. The Kier molecular flexibility index (Phi) is 5.80. The third kappa shape index (κ3) is 4.36. The molecule has 1 aliphatic rings. The fraction of sp³-hybridized carbons (Fsp3) is 0.316. The summed E-state index contributed by atoms with van der Waals surface area (Å²) in [4.78, 5) is 37.2. The first-order valence-electron chi connectivity index (χ1n) is 8.45. The molecule has 2 heterocycles. The topological polar surface area (TPSA) is 84.5 Å². The highest BCUT2D eigenvalue weighted by Crippen LogP contribution is 2.21. The average Bonchev–Trinajstić information content (AvgIpc) is 3.32. The quantitative estimate of drug-likeness (QED) is 0.763. The van der Waals surface area contributed by atoms with E-state index in [0.29, 0.717) is 27.5 Å². The third-order valence-corrected chi connectivity index (χ3v) is 5.30. The highest BCUT2D eigenvalue weighted by atomic mass is 32.1. The van der Waals surface area contributed by atoms with E-state index in [1.807, 2.05) is 0 Å². The molecule has 1 unspecified atom stereocenters. The number of thiophene rings is 1. The Balaban J connectivity index is 1.68. The van der Waals surface area contributed by atoms with Crippen LogP contribution in [-0.2, 0) is 4.74 Å². The summed E-state index contributed by atoms with van der Waals surface area (Å²) in [6.07, 6.45) is 2.00. The fourth-order valence-corrected chi connectivity index (χ4v) is 3.53. The number of carbonyl (C=O) groups is 3. The summed E-state index contributed by atoms with van der Waals surface area (Å²) in [6, 6.07) is 10.1. The van der Waals surface area contributed by atoms with Crippen molar-refractivity contribution in [2.24, 2.45) is 0 Å². The van der Waals surface area contributed by atoms with Crippen LogP contribution in [0.5, 0.6) is 0 Å². The lowest BCUT2D eigenvalue weighted by molar-refractivity contribution is 0.0858. The summed E-state index contributed by atoms with van der Waals surface area (Å²) >= 11 is 1.13. The van der Waals surface area contributed by atoms with Crippen molar-refractivity contribution in [1.29, 1.82) is 0 Å². The molecule has 7 heteroatoms. The van der Waals surface area contributed by atoms with Crippen LogP contribution in [0.4, 0.5) is 5.69 Å². The molecular formula is C19H20N2O4S. The monoisotopic (exact) mass is 372 g/mol. The van der Waals surface area contributed by atoms with Gasteiger partial charge in [0.1, 0.15) is 0 Å². The van der Waals surface area contributed by atoms with E-state index in [1.165, 1.54) is 6.92 Å². The molecule has 0 radical (unpaired) electrons. The number of rotatable bonds is 6. The number of benzene rings is 1. The number of nitrogens with one attached hydrogen (secondary N) is 2. The first-order chi connectivity index (χ1) is 12.5. The van der Waals surface area contributed by atoms with Gasteiger partial charge in [0, 0.05) is 13.2 Å². The van der Waals surface area contributed by atoms with Gasteiger partial charge in [-0.25, -0.2) is 0 Å². The molecule has 0 saturated carbocycles. The summed E-state index contributed by atoms with van der Waals surface area (Å²) in [5.41, 5.74) is 0.822. The van der Waals surface area contributed by atoms with Crippen LogP contribution in [0, 0.1) is 0 Å². The lowest BCUT2D eigenvalue weighted by Gasteiger charge is -2.13. The van der Waals surface area contributed by atoms with Gasteiger partial charge in [0.2, 0.25) is 0 Å². The molecule has 2 N–H and O–H groups in total. The van der Waals surface area contributed by atoms with E-state index < -0.39 is 0 Å². The van der Waals surface area contributed by atoms with Gasteiger partial charge in [-0.05, 0) is 44.0 Å². The number of hydrogen-bond acceptors (Lipinski definition) is 5. The summed E-state index contributed by atoms with van der Waals surface area (Å²) in [5, 5.41) is 5.61. The zero-order valence-electron chi connectivity index (χ0n) is 14.4. The number of Topliss-reactive ketones (excluding diaryl/α,β-unsaturated/α-hetero) is 1. The van der Waals surface area contributed by atoms with Crippen molar-refractivity contribution in [2.75, 3.05) is 18.5 Å². The first-order valence-corrected chi connectivity index (χ1v) is 9.27. The number of carbonyl (C=O) groups excluding carboxylic acids is 3. The van der Waals surface area contributed by atoms with E-state index in [9.17, 15) is 14.4 Å². The van der Waals surface area contributed by atoms with Crippen LogP contribution in [0.25, 0.3) is 0 Å². The Hall–Kier alpha value is -2.51. The van der Waals surface area contributed by atoms with Crippen molar-refractivity contribution < 1.29 is 19.1 Å². The van der Waals surface area contributed by atoms with Crippen molar-refractivity contribution in [3.8, 4) is 0 Å². The Labute approximate surface area is 155 Å². The summed E-state index contributed by atoms with van der Waals surface area (Å²) in [5.74, 6) is -0.683. The molecule has 1 aliphatic heterocycles. The molecule has 1 aromatic heterocycles. The Bertz CT molecular complexity index is 824. The zero-order valence-corrected chi connectivity index (χ0v) is 15.2. The van der Waals surface area contributed by atoms with E-state index in [-0.39, 0.29) is 23.7 Å². The second-order valence-corrected chi connectivity index (χ2v) is 7.15. The molecule has 1 saturated heterocycles. The van der Waals surface area contributed by atoms with Gasteiger partial charge in [0.05, 0.1) is 27.1 Å². The molecule has 0 aliphatic carbocycles. The molecule has 26 heavy (non-hydrogen) atoms. The zero-order chi connectivity index (χ0) is 18.5. The molecule has 136 valence electrons. The van der Waals surface area contributed by atoms with Crippen LogP contribution in [0.1, 0.15) is 49.5 Å². The van der Waals surface area contributed by atoms with Crippen LogP contribution in [0.3, 0.4) is 0 Å². The number of anilines is 1.